The van der Waals surface area contributed by atoms with Crippen molar-refractivity contribution in [3.05, 3.63) is 95.8 Å². The van der Waals surface area contributed by atoms with Crippen molar-refractivity contribution < 1.29 is 9.18 Å². The van der Waals surface area contributed by atoms with Gasteiger partial charge in [-0.1, -0.05) is 36.4 Å². The molecule has 0 aliphatic rings. The van der Waals surface area contributed by atoms with Crippen molar-refractivity contribution in [3.8, 4) is 0 Å². The summed E-state index contributed by atoms with van der Waals surface area (Å²) in [7, 11) is 0. The van der Waals surface area contributed by atoms with Gasteiger partial charge in [0.25, 0.3) is 0 Å². The van der Waals surface area contributed by atoms with Gasteiger partial charge in [-0.05, 0) is 42.5 Å². The molecular weight excluding hydrogens is 277 g/mol. The highest BCUT2D eigenvalue weighted by atomic mass is 19.1. The van der Waals surface area contributed by atoms with Gasteiger partial charge < -0.3 is 5.32 Å². The molecular formula is C19H14FNO. The molecule has 3 heteroatoms. The summed E-state index contributed by atoms with van der Waals surface area (Å²) in [5.41, 5.74) is 2.75. The smallest absolute Gasteiger partial charge is 0.193 e. The first kappa shape index (κ1) is 14.0. The zero-order valence-electron chi connectivity index (χ0n) is 11.8. The van der Waals surface area contributed by atoms with E-state index in [4.69, 9.17) is 0 Å². The van der Waals surface area contributed by atoms with E-state index in [9.17, 15) is 9.18 Å². The minimum absolute atomic E-state index is 0.0158. The van der Waals surface area contributed by atoms with E-state index < -0.39 is 0 Å². The summed E-state index contributed by atoms with van der Waals surface area (Å²) in [6.45, 7) is 0. The van der Waals surface area contributed by atoms with Crippen molar-refractivity contribution in [2.75, 3.05) is 5.32 Å². The summed E-state index contributed by atoms with van der Waals surface area (Å²) in [4.78, 5) is 12.3. The second-order valence-corrected chi connectivity index (χ2v) is 4.91. The lowest BCUT2D eigenvalue weighted by atomic mass is 10.0. The maximum Gasteiger partial charge on any atom is 0.193 e. The fourth-order valence-corrected chi connectivity index (χ4v) is 2.19. The van der Waals surface area contributed by atoms with Crippen molar-refractivity contribution in [1.29, 1.82) is 0 Å². The molecule has 0 amide bonds. The molecule has 0 spiro atoms. The van der Waals surface area contributed by atoms with Gasteiger partial charge in [0, 0.05) is 22.5 Å². The van der Waals surface area contributed by atoms with E-state index in [0.29, 0.717) is 16.8 Å². The summed E-state index contributed by atoms with van der Waals surface area (Å²) in [5, 5.41) is 3.10. The molecule has 0 radical (unpaired) electrons. The molecule has 0 bridgehead atoms. The lowest BCUT2D eigenvalue weighted by molar-refractivity contribution is 0.103. The number of halogens is 1. The quantitative estimate of drug-likeness (QED) is 0.699. The van der Waals surface area contributed by atoms with Gasteiger partial charge in [-0.25, -0.2) is 4.39 Å². The Morgan fingerprint density at radius 2 is 1.41 bits per heavy atom. The van der Waals surface area contributed by atoms with E-state index in [0.717, 1.165) is 5.69 Å². The molecule has 0 fully saturated rings. The van der Waals surface area contributed by atoms with E-state index in [1.165, 1.54) is 12.1 Å². The van der Waals surface area contributed by atoms with Gasteiger partial charge >= 0.3 is 0 Å². The predicted molar refractivity (Wildman–Crippen MR) is 86.0 cm³/mol. The van der Waals surface area contributed by atoms with Crippen molar-refractivity contribution in [2.24, 2.45) is 0 Å². The maximum absolute atomic E-state index is 13.1. The summed E-state index contributed by atoms with van der Waals surface area (Å²) in [6.07, 6.45) is 0. The van der Waals surface area contributed by atoms with Gasteiger partial charge in [0.2, 0.25) is 0 Å². The zero-order valence-corrected chi connectivity index (χ0v) is 11.8. The molecule has 0 atom stereocenters. The number of carbonyl (C=O) groups is 1. The average molecular weight is 291 g/mol. The van der Waals surface area contributed by atoms with Crippen LogP contribution in [0.2, 0.25) is 0 Å². The van der Waals surface area contributed by atoms with Gasteiger partial charge in [0.15, 0.2) is 5.78 Å². The molecule has 0 aliphatic carbocycles. The number of benzene rings is 3. The molecule has 0 heterocycles. The monoisotopic (exact) mass is 291 g/mol. The summed E-state index contributed by atoms with van der Waals surface area (Å²) >= 11 is 0. The van der Waals surface area contributed by atoms with Crippen LogP contribution in [-0.4, -0.2) is 5.78 Å². The topological polar surface area (TPSA) is 29.1 Å². The third-order valence-electron chi connectivity index (χ3n) is 3.30. The van der Waals surface area contributed by atoms with E-state index in [1.54, 1.807) is 48.5 Å². The van der Waals surface area contributed by atoms with Crippen molar-refractivity contribution in [3.63, 3.8) is 0 Å². The van der Waals surface area contributed by atoms with Gasteiger partial charge in [-0.2, -0.15) is 0 Å². The number of nitrogens with one attached hydrogen (secondary N) is 1. The third-order valence-corrected chi connectivity index (χ3v) is 3.30. The molecule has 3 aromatic carbocycles. The molecule has 22 heavy (non-hydrogen) atoms. The number of rotatable bonds is 4. The second kappa shape index (κ2) is 6.22. The van der Waals surface area contributed by atoms with E-state index >= 15 is 0 Å². The lowest BCUT2D eigenvalue weighted by Gasteiger charge is -2.07. The highest BCUT2D eigenvalue weighted by Crippen LogP contribution is 2.19. The standard InChI is InChI=1S/C19H14FNO/c20-16-7-4-8-18(13-16)21-17-11-9-15(10-12-17)19(22)14-5-2-1-3-6-14/h1-13,21H. The van der Waals surface area contributed by atoms with Crippen LogP contribution in [0.3, 0.4) is 0 Å². The SMILES string of the molecule is O=C(c1ccccc1)c1ccc(Nc2cccc(F)c2)cc1. The molecule has 3 rings (SSSR count). The Kier molecular flexibility index (Phi) is 3.97. The average Bonchev–Trinajstić information content (AvgIpc) is 2.56. The first-order valence-electron chi connectivity index (χ1n) is 6.95. The fraction of sp³-hybridized carbons (Fsp3) is 0. The van der Waals surface area contributed by atoms with Crippen molar-refractivity contribution in [2.45, 2.75) is 0 Å². The summed E-state index contributed by atoms with van der Waals surface area (Å²) < 4.78 is 13.1. The Bertz CT molecular complexity index is 782. The van der Waals surface area contributed by atoms with E-state index in [-0.39, 0.29) is 11.6 Å². The van der Waals surface area contributed by atoms with E-state index in [2.05, 4.69) is 5.32 Å². The largest absolute Gasteiger partial charge is 0.355 e. The Morgan fingerprint density at radius 1 is 0.727 bits per heavy atom. The zero-order chi connectivity index (χ0) is 15.4. The first-order valence-corrected chi connectivity index (χ1v) is 6.95. The number of ketones is 1. The van der Waals surface area contributed by atoms with Crippen LogP contribution in [-0.2, 0) is 0 Å². The van der Waals surface area contributed by atoms with Crippen LogP contribution in [0, 0.1) is 5.82 Å². The van der Waals surface area contributed by atoms with Crippen molar-refractivity contribution >= 4 is 17.2 Å². The Hall–Kier alpha value is -2.94. The van der Waals surface area contributed by atoms with Crippen molar-refractivity contribution in [1.82, 2.24) is 0 Å². The normalized spacial score (nSPS) is 10.2. The van der Waals surface area contributed by atoms with Gasteiger partial charge in [0.05, 0.1) is 0 Å². The van der Waals surface area contributed by atoms with Crippen LogP contribution in [0.15, 0.2) is 78.9 Å². The molecule has 2 nitrogen and oxygen atoms in total. The molecule has 0 aliphatic heterocycles. The first-order chi connectivity index (χ1) is 10.7. The molecule has 108 valence electrons. The Balaban J connectivity index is 1.77. The molecule has 0 unspecified atom stereocenters. The maximum atomic E-state index is 13.1. The third kappa shape index (κ3) is 3.20. The van der Waals surface area contributed by atoms with Crippen LogP contribution in [0.25, 0.3) is 0 Å². The molecule has 1 N–H and O–H groups in total. The number of hydrogen-bond acceptors (Lipinski definition) is 2. The highest BCUT2D eigenvalue weighted by molar-refractivity contribution is 6.09. The predicted octanol–water partition coefficient (Wildman–Crippen LogP) is 4.80. The van der Waals surface area contributed by atoms with Gasteiger partial charge in [0.1, 0.15) is 5.82 Å². The molecule has 0 saturated carbocycles. The van der Waals surface area contributed by atoms with Crippen LogP contribution >= 0.6 is 0 Å². The fourth-order valence-electron chi connectivity index (χ4n) is 2.19. The molecule has 0 aromatic heterocycles. The Labute approximate surface area is 128 Å². The van der Waals surface area contributed by atoms with E-state index in [1.807, 2.05) is 18.2 Å². The summed E-state index contributed by atoms with van der Waals surface area (Å²) in [5.74, 6) is -0.307. The second-order valence-electron chi connectivity index (χ2n) is 4.91. The minimum Gasteiger partial charge on any atom is -0.355 e. The van der Waals surface area contributed by atoms with Gasteiger partial charge in [-0.3, -0.25) is 4.79 Å². The number of hydrogen-bond donors (Lipinski definition) is 1. The molecule has 0 saturated heterocycles. The van der Waals surface area contributed by atoms with Gasteiger partial charge in [-0.15, -0.1) is 0 Å². The van der Waals surface area contributed by atoms with Crippen LogP contribution in [0.5, 0.6) is 0 Å². The lowest BCUT2D eigenvalue weighted by Crippen LogP contribution is -2.01. The molecule has 3 aromatic rings. The van der Waals surface area contributed by atoms with Crippen LogP contribution < -0.4 is 5.32 Å². The highest BCUT2D eigenvalue weighted by Gasteiger charge is 2.08. The minimum atomic E-state index is -0.291. The summed E-state index contributed by atoms with van der Waals surface area (Å²) in [6, 6.07) is 22.5. The van der Waals surface area contributed by atoms with Crippen LogP contribution in [0.1, 0.15) is 15.9 Å². The number of carbonyl (C=O) groups excluding carboxylic acids is 1. The van der Waals surface area contributed by atoms with Crippen LogP contribution in [0.4, 0.5) is 15.8 Å². The number of anilines is 2. The Morgan fingerprint density at radius 3 is 2.09 bits per heavy atom.